The van der Waals surface area contributed by atoms with Gasteiger partial charge in [-0.25, -0.2) is 0 Å². The normalized spacial score (nSPS) is 14.6. The largest absolute Gasteiger partial charge is 0.495 e. The molecule has 1 aliphatic rings. The number of nitrogens with zero attached hydrogens (tertiary/aromatic N) is 3. The van der Waals surface area contributed by atoms with E-state index >= 15 is 0 Å². The van der Waals surface area contributed by atoms with Crippen LogP contribution in [0, 0.1) is 5.92 Å². The summed E-state index contributed by atoms with van der Waals surface area (Å²) in [5.41, 5.74) is 0.860. The molecular formula is C22H26N4O2S2. The Kier molecular flexibility index (Phi) is 7.07. The molecule has 0 spiro atoms. The highest BCUT2D eigenvalue weighted by Gasteiger charge is 2.20. The highest BCUT2D eigenvalue weighted by Crippen LogP contribution is 2.34. The van der Waals surface area contributed by atoms with Crippen molar-refractivity contribution in [1.29, 1.82) is 0 Å². The van der Waals surface area contributed by atoms with Crippen molar-refractivity contribution >= 4 is 29.0 Å². The number of hydrogen-bond donors (Lipinski definition) is 1. The van der Waals surface area contributed by atoms with Crippen molar-refractivity contribution in [1.82, 2.24) is 20.1 Å². The van der Waals surface area contributed by atoms with E-state index in [-0.39, 0.29) is 5.91 Å². The molecule has 2 aromatic heterocycles. The Labute approximate surface area is 185 Å². The van der Waals surface area contributed by atoms with Gasteiger partial charge in [0.15, 0.2) is 11.0 Å². The number of methoxy groups -OCH3 is 1. The molecule has 0 saturated heterocycles. The second-order valence-corrected chi connectivity index (χ2v) is 9.28. The Balaban J connectivity index is 1.51. The van der Waals surface area contributed by atoms with Gasteiger partial charge in [0.25, 0.3) is 0 Å². The summed E-state index contributed by atoms with van der Waals surface area (Å²) >= 11 is 3.01. The van der Waals surface area contributed by atoms with Crippen molar-refractivity contribution in [3.05, 3.63) is 41.8 Å². The Morgan fingerprint density at radius 1 is 1.20 bits per heavy atom. The molecule has 30 heavy (non-hydrogen) atoms. The van der Waals surface area contributed by atoms with Crippen LogP contribution in [-0.2, 0) is 4.79 Å². The Morgan fingerprint density at radius 2 is 2.03 bits per heavy atom. The molecule has 3 aromatic rings. The van der Waals surface area contributed by atoms with Crippen LogP contribution in [0.5, 0.6) is 5.75 Å². The van der Waals surface area contributed by atoms with Gasteiger partial charge in [-0.15, -0.1) is 21.5 Å². The van der Waals surface area contributed by atoms with Crippen LogP contribution in [0.3, 0.4) is 0 Å². The standard InChI is InChI=1S/C22H26N4O2S2/c1-28-18-11-6-5-10-17(18)26-21(19-12-7-13-29-19)24-25-22(26)30-15-20(27)23-14-16-8-3-2-4-9-16/h5-7,10-13,16H,2-4,8-9,14-15H2,1H3,(H,23,27). The molecule has 1 aliphatic carbocycles. The summed E-state index contributed by atoms with van der Waals surface area (Å²) in [6, 6.07) is 11.8. The second-order valence-electron chi connectivity index (χ2n) is 7.39. The zero-order valence-corrected chi connectivity index (χ0v) is 18.7. The maximum absolute atomic E-state index is 12.5. The van der Waals surface area contributed by atoms with E-state index in [2.05, 4.69) is 15.5 Å². The number of amides is 1. The van der Waals surface area contributed by atoms with Gasteiger partial charge in [-0.3, -0.25) is 9.36 Å². The summed E-state index contributed by atoms with van der Waals surface area (Å²) in [6.07, 6.45) is 6.33. The number of benzene rings is 1. The Morgan fingerprint density at radius 3 is 2.80 bits per heavy atom. The molecule has 4 rings (SSSR count). The van der Waals surface area contributed by atoms with Crippen molar-refractivity contribution in [3.8, 4) is 22.1 Å². The van der Waals surface area contributed by atoms with Gasteiger partial charge in [-0.05, 0) is 42.3 Å². The average Bonchev–Trinajstić information content (AvgIpc) is 3.46. The molecule has 1 N–H and O–H groups in total. The van der Waals surface area contributed by atoms with Crippen LogP contribution in [0.1, 0.15) is 32.1 Å². The minimum absolute atomic E-state index is 0.0397. The summed E-state index contributed by atoms with van der Waals surface area (Å²) in [7, 11) is 1.65. The number of ether oxygens (including phenoxy) is 1. The molecule has 1 saturated carbocycles. The van der Waals surface area contributed by atoms with Gasteiger partial charge in [0.1, 0.15) is 5.75 Å². The Hall–Kier alpha value is -2.32. The van der Waals surface area contributed by atoms with Crippen LogP contribution in [0.15, 0.2) is 46.9 Å². The van der Waals surface area contributed by atoms with Crippen molar-refractivity contribution in [2.24, 2.45) is 5.92 Å². The monoisotopic (exact) mass is 442 g/mol. The first-order chi connectivity index (χ1) is 14.8. The number of thioether (sulfide) groups is 1. The maximum Gasteiger partial charge on any atom is 0.230 e. The number of nitrogens with one attached hydrogen (secondary N) is 1. The highest BCUT2D eigenvalue weighted by molar-refractivity contribution is 7.99. The fourth-order valence-electron chi connectivity index (χ4n) is 3.79. The first-order valence-corrected chi connectivity index (χ1v) is 12.1. The third kappa shape index (κ3) is 4.87. The zero-order valence-electron chi connectivity index (χ0n) is 17.0. The highest BCUT2D eigenvalue weighted by atomic mass is 32.2. The summed E-state index contributed by atoms with van der Waals surface area (Å²) in [5, 5.41) is 14.6. The number of rotatable bonds is 8. The number of carbonyl (C=O) groups excluding carboxylic acids is 1. The molecule has 0 bridgehead atoms. The lowest BCUT2D eigenvalue weighted by Gasteiger charge is -2.21. The quantitative estimate of drug-likeness (QED) is 0.508. The molecule has 0 radical (unpaired) electrons. The van der Waals surface area contributed by atoms with Gasteiger partial charge >= 0.3 is 0 Å². The van der Waals surface area contributed by atoms with Gasteiger partial charge in [0, 0.05) is 6.54 Å². The van der Waals surface area contributed by atoms with Crippen molar-refractivity contribution < 1.29 is 9.53 Å². The van der Waals surface area contributed by atoms with E-state index in [4.69, 9.17) is 4.74 Å². The number of hydrogen-bond acceptors (Lipinski definition) is 6. The van der Waals surface area contributed by atoms with Crippen molar-refractivity contribution in [2.45, 2.75) is 37.3 Å². The molecule has 1 aromatic carbocycles. The number of aromatic nitrogens is 3. The third-order valence-corrected chi connectivity index (χ3v) is 7.14. The van der Waals surface area contributed by atoms with Gasteiger partial charge < -0.3 is 10.1 Å². The van der Waals surface area contributed by atoms with E-state index in [0.29, 0.717) is 16.8 Å². The van der Waals surface area contributed by atoms with Gasteiger partial charge in [-0.2, -0.15) is 0 Å². The Bertz CT molecular complexity index is 965. The van der Waals surface area contributed by atoms with Crippen molar-refractivity contribution in [2.75, 3.05) is 19.4 Å². The van der Waals surface area contributed by atoms with E-state index in [1.54, 1.807) is 18.4 Å². The lowest BCUT2D eigenvalue weighted by atomic mass is 9.89. The average molecular weight is 443 g/mol. The van der Waals surface area contributed by atoms with E-state index in [1.807, 2.05) is 46.3 Å². The number of thiophene rings is 1. The summed E-state index contributed by atoms with van der Waals surface area (Å²) < 4.78 is 7.54. The van der Waals surface area contributed by atoms with Crippen LogP contribution in [0.25, 0.3) is 16.4 Å². The lowest BCUT2D eigenvalue weighted by Crippen LogP contribution is -2.31. The minimum atomic E-state index is 0.0397. The topological polar surface area (TPSA) is 69.0 Å². The smallest absolute Gasteiger partial charge is 0.230 e. The van der Waals surface area contributed by atoms with Gasteiger partial charge in [0.2, 0.25) is 5.91 Å². The molecule has 6 nitrogen and oxygen atoms in total. The molecular weight excluding hydrogens is 416 g/mol. The van der Waals surface area contributed by atoms with E-state index < -0.39 is 0 Å². The first-order valence-electron chi connectivity index (χ1n) is 10.3. The summed E-state index contributed by atoms with van der Waals surface area (Å²) in [5.74, 6) is 2.45. The van der Waals surface area contributed by atoms with Crippen LogP contribution >= 0.6 is 23.1 Å². The summed E-state index contributed by atoms with van der Waals surface area (Å²) in [6.45, 7) is 0.777. The molecule has 0 atom stereocenters. The lowest BCUT2D eigenvalue weighted by molar-refractivity contribution is -0.118. The van der Waals surface area contributed by atoms with Crippen LogP contribution in [-0.4, -0.2) is 40.1 Å². The zero-order chi connectivity index (χ0) is 20.8. The molecule has 1 amide bonds. The SMILES string of the molecule is COc1ccccc1-n1c(SCC(=O)NCC2CCCCC2)nnc1-c1cccs1. The molecule has 0 aliphatic heterocycles. The molecule has 0 unspecified atom stereocenters. The van der Waals surface area contributed by atoms with Crippen LogP contribution in [0.4, 0.5) is 0 Å². The number of para-hydroxylation sites is 2. The predicted molar refractivity (Wildman–Crippen MR) is 122 cm³/mol. The van der Waals surface area contributed by atoms with Gasteiger partial charge in [0.05, 0.1) is 23.4 Å². The van der Waals surface area contributed by atoms with Gasteiger partial charge in [-0.1, -0.05) is 49.2 Å². The third-order valence-electron chi connectivity index (χ3n) is 5.35. The van der Waals surface area contributed by atoms with Crippen molar-refractivity contribution in [3.63, 3.8) is 0 Å². The fourth-order valence-corrected chi connectivity index (χ4v) is 5.26. The fraction of sp³-hybridized carbons (Fsp3) is 0.409. The predicted octanol–water partition coefficient (Wildman–Crippen LogP) is 4.79. The van der Waals surface area contributed by atoms with Crippen LogP contribution in [0.2, 0.25) is 0 Å². The summed E-state index contributed by atoms with van der Waals surface area (Å²) in [4.78, 5) is 13.5. The molecule has 8 heteroatoms. The second kappa shape index (κ2) is 10.1. The minimum Gasteiger partial charge on any atom is -0.495 e. The number of carbonyl (C=O) groups is 1. The van der Waals surface area contributed by atoms with E-state index in [1.165, 1.54) is 43.9 Å². The molecule has 2 heterocycles. The maximum atomic E-state index is 12.5. The molecule has 1 fully saturated rings. The van der Waals surface area contributed by atoms with E-state index in [0.717, 1.165) is 28.7 Å². The van der Waals surface area contributed by atoms with Crippen LogP contribution < -0.4 is 10.1 Å². The van der Waals surface area contributed by atoms with E-state index in [9.17, 15) is 4.79 Å². The first kappa shape index (κ1) is 20.9. The molecule has 158 valence electrons.